The van der Waals surface area contributed by atoms with E-state index in [-0.39, 0.29) is 0 Å². The molecule has 0 amide bonds. The first-order chi connectivity index (χ1) is 4.52. The highest BCUT2D eigenvalue weighted by Gasteiger charge is 2.22. The summed E-state index contributed by atoms with van der Waals surface area (Å²) in [5, 5.41) is 0.526. The Labute approximate surface area is 72.8 Å². The van der Waals surface area contributed by atoms with Gasteiger partial charge >= 0.3 is 0 Å². The highest BCUT2D eigenvalue weighted by molar-refractivity contribution is 6.20. The van der Waals surface area contributed by atoms with Crippen LogP contribution in [0.2, 0.25) is 5.04 Å². The lowest BCUT2D eigenvalue weighted by Gasteiger charge is -2.28. The Bertz CT molecular complexity index is 85.7. The van der Waals surface area contributed by atoms with Gasteiger partial charge in [-0.05, 0) is 17.4 Å². The molecule has 0 heterocycles. The summed E-state index contributed by atoms with van der Waals surface area (Å²) in [4.78, 5) is 0. The number of hydrogen-bond acceptors (Lipinski definition) is 0. The van der Waals surface area contributed by atoms with E-state index in [9.17, 15) is 0 Å². The van der Waals surface area contributed by atoms with Crippen molar-refractivity contribution in [1.29, 1.82) is 0 Å². The lowest BCUT2D eigenvalue weighted by atomic mass is 9.92. The Morgan fingerprint density at radius 3 is 2.10 bits per heavy atom. The van der Waals surface area contributed by atoms with E-state index in [0.29, 0.717) is 5.04 Å². The standard InChI is InChI=1S/C8H19ClSi/c1-4-5-7(6-9)8(2,3)10/h7H,4-6H2,1-3,10H3. The Morgan fingerprint density at radius 2 is 2.00 bits per heavy atom. The predicted octanol–water partition coefficient (Wildman–Crippen LogP) is 2.21. The van der Waals surface area contributed by atoms with E-state index in [1.165, 1.54) is 23.1 Å². The number of alkyl halides is 1. The van der Waals surface area contributed by atoms with Gasteiger partial charge in [0.05, 0.1) is 0 Å². The van der Waals surface area contributed by atoms with E-state index in [1.807, 2.05) is 0 Å². The monoisotopic (exact) mass is 178 g/mol. The van der Waals surface area contributed by atoms with Crippen LogP contribution in [0.5, 0.6) is 0 Å². The quantitative estimate of drug-likeness (QED) is 0.458. The van der Waals surface area contributed by atoms with E-state index < -0.39 is 0 Å². The van der Waals surface area contributed by atoms with Crippen LogP contribution in [0.1, 0.15) is 33.6 Å². The highest BCUT2D eigenvalue weighted by Crippen LogP contribution is 2.34. The fraction of sp³-hybridized carbons (Fsp3) is 1.00. The van der Waals surface area contributed by atoms with Gasteiger partial charge in [-0.15, -0.1) is 11.6 Å². The maximum atomic E-state index is 5.85. The van der Waals surface area contributed by atoms with Crippen LogP contribution in [-0.2, 0) is 0 Å². The van der Waals surface area contributed by atoms with Crippen LogP contribution in [0.4, 0.5) is 0 Å². The van der Waals surface area contributed by atoms with Gasteiger partial charge in [-0.1, -0.05) is 27.2 Å². The molecule has 0 aliphatic rings. The molecule has 1 atom stereocenters. The molecule has 0 aromatic heterocycles. The van der Waals surface area contributed by atoms with Crippen LogP contribution in [0.3, 0.4) is 0 Å². The Kier molecular flexibility index (Phi) is 4.62. The molecule has 0 fully saturated rings. The molecule has 0 rings (SSSR count). The predicted molar refractivity (Wildman–Crippen MR) is 53.1 cm³/mol. The first-order valence-electron chi connectivity index (χ1n) is 4.08. The van der Waals surface area contributed by atoms with Crippen molar-refractivity contribution >= 4 is 21.8 Å². The molecule has 0 aliphatic heterocycles. The summed E-state index contributed by atoms with van der Waals surface area (Å²) in [7, 11) is 1.25. The molecule has 0 N–H and O–H groups in total. The summed E-state index contributed by atoms with van der Waals surface area (Å²) < 4.78 is 0. The zero-order valence-corrected chi connectivity index (χ0v) is 10.3. The van der Waals surface area contributed by atoms with Crippen LogP contribution in [0, 0.1) is 5.92 Å². The van der Waals surface area contributed by atoms with Crippen LogP contribution < -0.4 is 0 Å². The average molecular weight is 179 g/mol. The van der Waals surface area contributed by atoms with Crippen molar-refractivity contribution in [3.63, 3.8) is 0 Å². The molecule has 0 saturated carbocycles. The summed E-state index contributed by atoms with van der Waals surface area (Å²) >= 11 is 5.85. The number of hydrogen-bond donors (Lipinski definition) is 0. The average Bonchev–Trinajstić information content (AvgIpc) is 1.80. The summed E-state index contributed by atoms with van der Waals surface area (Å²) in [5.41, 5.74) is 0. The van der Waals surface area contributed by atoms with E-state index in [2.05, 4.69) is 20.8 Å². The molecular formula is C8H19ClSi. The largest absolute Gasteiger partial charge is 0.126 e. The minimum atomic E-state index is 0.526. The molecule has 0 aliphatic carbocycles. The van der Waals surface area contributed by atoms with E-state index in [1.54, 1.807) is 0 Å². The Hall–Kier alpha value is 0.507. The van der Waals surface area contributed by atoms with Crippen molar-refractivity contribution in [3.05, 3.63) is 0 Å². The Morgan fingerprint density at radius 1 is 1.50 bits per heavy atom. The maximum Gasteiger partial charge on any atom is 0.0253 e. The molecular weight excluding hydrogens is 160 g/mol. The van der Waals surface area contributed by atoms with Crippen molar-refractivity contribution < 1.29 is 0 Å². The van der Waals surface area contributed by atoms with Crippen LogP contribution in [0.25, 0.3) is 0 Å². The molecule has 0 spiro atoms. The van der Waals surface area contributed by atoms with Gasteiger partial charge in [-0.25, -0.2) is 0 Å². The molecule has 0 nitrogen and oxygen atoms in total. The van der Waals surface area contributed by atoms with Crippen LogP contribution in [0.15, 0.2) is 0 Å². The first kappa shape index (κ1) is 10.5. The minimum absolute atomic E-state index is 0.526. The second kappa shape index (κ2) is 4.40. The molecule has 0 bridgehead atoms. The summed E-state index contributed by atoms with van der Waals surface area (Å²) in [6.45, 7) is 6.87. The van der Waals surface area contributed by atoms with Crippen molar-refractivity contribution in [2.24, 2.45) is 5.92 Å². The third-order valence-electron chi connectivity index (χ3n) is 2.05. The van der Waals surface area contributed by atoms with Crippen molar-refractivity contribution in [2.75, 3.05) is 5.88 Å². The van der Waals surface area contributed by atoms with Gasteiger partial charge in [-0.2, -0.15) is 0 Å². The summed E-state index contributed by atoms with van der Waals surface area (Å²) in [6, 6.07) is 0. The molecule has 2 heteroatoms. The molecule has 10 heavy (non-hydrogen) atoms. The third-order valence-corrected chi connectivity index (χ3v) is 3.24. The minimum Gasteiger partial charge on any atom is -0.126 e. The second-order valence-electron chi connectivity index (χ2n) is 4.01. The van der Waals surface area contributed by atoms with Crippen LogP contribution in [-0.4, -0.2) is 16.1 Å². The van der Waals surface area contributed by atoms with Crippen molar-refractivity contribution in [2.45, 2.75) is 38.7 Å². The zero-order chi connectivity index (χ0) is 8.20. The molecule has 0 radical (unpaired) electrons. The van der Waals surface area contributed by atoms with Crippen molar-refractivity contribution in [1.82, 2.24) is 0 Å². The van der Waals surface area contributed by atoms with Gasteiger partial charge < -0.3 is 0 Å². The molecule has 0 saturated heterocycles. The van der Waals surface area contributed by atoms with E-state index in [0.717, 1.165) is 11.8 Å². The van der Waals surface area contributed by atoms with E-state index >= 15 is 0 Å². The number of rotatable bonds is 4. The Balaban J connectivity index is 3.81. The molecule has 62 valence electrons. The van der Waals surface area contributed by atoms with Gasteiger partial charge in [-0.3, -0.25) is 0 Å². The normalized spacial score (nSPS) is 15.6. The van der Waals surface area contributed by atoms with Gasteiger partial charge in [0.2, 0.25) is 0 Å². The van der Waals surface area contributed by atoms with Crippen LogP contribution >= 0.6 is 11.6 Å². The molecule has 1 unspecified atom stereocenters. The fourth-order valence-corrected chi connectivity index (χ4v) is 2.46. The molecule has 0 aromatic rings. The maximum absolute atomic E-state index is 5.85. The number of halogens is 1. The van der Waals surface area contributed by atoms with Crippen molar-refractivity contribution in [3.8, 4) is 0 Å². The highest BCUT2D eigenvalue weighted by atomic mass is 35.5. The zero-order valence-electron chi connectivity index (χ0n) is 7.58. The van der Waals surface area contributed by atoms with Gasteiger partial charge in [0.15, 0.2) is 0 Å². The fourth-order valence-electron chi connectivity index (χ4n) is 1.09. The van der Waals surface area contributed by atoms with Gasteiger partial charge in [0.1, 0.15) is 0 Å². The lowest BCUT2D eigenvalue weighted by Crippen LogP contribution is -2.18. The topological polar surface area (TPSA) is 0 Å². The SMILES string of the molecule is CCCC(CCl)C(C)(C)[SiH3]. The van der Waals surface area contributed by atoms with Gasteiger partial charge in [0.25, 0.3) is 0 Å². The summed E-state index contributed by atoms with van der Waals surface area (Å²) in [5.74, 6) is 1.58. The second-order valence-corrected chi connectivity index (χ2v) is 6.89. The van der Waals surface area contributed by atoms with Gasteiger partial charge in [0, 0.05) is 16.1 Å². The first-order valence-corrected chi connectivity index (χ1v) is 5.61. The molecule has 0 aromatic carbocycles. The summed E-state index contributed by atoms with van der Waals surface area (Å²) in [6.07, 6.45) is 2.56. The van der Waals surface area contributed by atoms with E-state index in [4.69, 9.17) is 11.6 Å². The lowest BCUT2D eigenvalue weighted by molar-refractivity contribution is 0.413. The third kappa shape index (κ3) is 3.62. The smallest absolute Gasteiger partial charge is 0.0253 e.